The molecule has 0 aromatic heterocycles. The van der Waals surface area contributed by atoms with Crippen LogP contribution in [-0.4, -0.2) is 20.2 Å². The van der Waals surface area contributed by atoms with Crippen LogP contribution in [0.5, 0.6) is 11.5 Å². The topological polar surface area (TPSA) is 44.8 Å². The zero-order valence-corrected chi connectivity index (χ0v) is 22.5. The average molecular weight is 503 g/mol. The van der Waals surface area contributed by atoms with Gasteiger partial charge in [0.2, 0.25) is 0 Å². The van der Waals surface area contributed by atoms with Crippen LogP contribution in [0.15, 0.2) is 60.7 Å². The maximum Gasteiger partial charge on any atom is 0.307 e. The largest absolute Gasteiger partial charge is 0.497 e. The van der Waals surface area contributed by atoms with Gasteiger partial charge in [-0.15, -0.1) is 5.92 Å². The van der Waals surface area contributed by atoms with Crippen LogP contribution in [0.2, 0.25) is 0 Å². The van der Waals surface area contributed by atoms with Crippen LogP contribution in [0.25, 0.3) is 11.1 Å². The molecule has 0 aliphatic heterocycles. The number of hydrogen-bond acceptors (Lipinski definition) is 4. The lowest BCUT2D eigenvalue weighted by atomic mass is 9.81. The van der Waals surface area contributed by atoms with E-state index in [2.05, 4.69) is 32.6 Å². The van der Waals surface area contributed by atoms with Crippen molar-refractivity contribution in [3.8, 4) is 34.5 Å². The molecule has 3 aromatic carbocycles. The third kappa shape index (κ3) is 7.36. The summed E-state index contributed by atoms with van der Waals surface area (Å²) < 4.78 is 31.1. The van der Waals surface area contributed by atoms with Crippen molar-refractivity contribution in [3.05, 3.63) is 83.2 Å². The van der Waals surface area contributed by atoms with Crippen molar-refractivity contribution in [2.75, 3.05) is 14.2 Å². The number of ether oxygens (including phenoxy) is 3. The van der Waals surface area contributed by atoms with Gasteiger partial charge in [-0.3, -0.25) is 4.79 Å². The molecule has 1 atom stereocenters. The van der Waals surface area contributed by atoms with Crippen molar-refractivity contribution in [1.29, 1.82) is 0 Å². The Labute approximate surface area is 219 Å². The second-order valence-electron chi connectivity index (χ2n) is 9.84. The molecular weight excluding hydrogens is 467 g/mol. The van der Waals surface area contributed by atoms with Crippen LogP contribution in [0.3, 0.4) is 0 Å². The van der Waals surface area contributed by atoms with Crippen molar-refractivity contribution in [2.45, 2.75) is 58.5 Å². The monoisotopic (exact) mass is 502 g/mol. The predicted molar refractivity (Wildman–Crippen MR) is 145 cm³/mol. The smallest absolute Gasteiger partial charge is 0.307 e. The number of carbonyl (C=O) groups excluding carboxylic acids is 1. The molecule has 0 amide bonds. The lowest BCUT2D eigenvalue weighted by Crippen LogP contribution is -2.13. The summed E-state index contributed by atoms with van der Waals surface area (Å²) in [6, 6.07) is 18.4. The molecule has 0 heterocycles. The van der Waals surface area contributed by atoms with Crippen LogP contribution in [0.1, 0.15) is 63.1 Å². The number of methoxy groups -OCH3 is 2. The van der Waals surface area contributed by atoms with E-state index in [9.17, 15) is 9.18 Å². The van der Waals surface area contributed by atoms with Crippen molar-refractivity contribution in [1.82, 2.24) is 0 Å². The van der Waals surface area contributed by atoms with Crippen molar-refractivity contribution in [2.24, 2.45) is 0 Å². The fraction of sp³-hybridized carbons (Fsp3) is 0.344. The highest BCUT2D eigenvalue weighted by atomic mass is 19.1. The zero-order chi connectivity index (χ0) is 27.0. The van der Waals surface area contributed by atoms with Crippen LogP contribution < -0.4 is 9.47 Å². The van der Waals surface area contributed by atoms with Gasteiger partial charge in [-0.1, -0.05) is 57.9 Å². The van der Waals surface area contributed by atoms with E-state index in [1.807, 2.05) is 49.4 Å². The highest BCUT2D eigenvalue weighted by Crippen LogP contribution is 2.37. The summed E-state index contributed by atoms with van der Waals surface area (Å²) in [5, 5.41) is 0. The van der Waals surface area contributed by atoms with Gasteiger partial charge in [-0.05, 0) is 64.1 Å². The van der Waals surface area contributed by atoms with Crippen LogP contribution in [0, 0.1) is 17.7 Å². The molecule has 0 aliphatic carbocycles. The van der Waals surface area contributed by atoms with Crippen molar-refractivity contribution < 1.29 is 23.4 Å². The number of benzene rings is 3. The highest BCUT2D eigenvalue weighted by Gasteiger charge is 2.21. The molecule has 0 saturated heterocycles. The second-order valence-corrected chi connectivity index (χ2v) is 9.84. The fourth-order valence-electron chi connectivity index (χ4n) is 4.09. The van der Waals surface area contributed by atoms with E-state index in [1.165, 1.54) is 13.2 Å². The number of halogens is 1. The van der Waals surface area contributed by atoms with E-state index < -0.39 is 0 Å². The van der Waals surface area contributed by atoms with E-state index in [1.54, 1.807) is 19.2 Å². The normalized spacial score (nSPS) is 11.8. The van der Waals surface area contributed by atoms with Gasteiger partial charge in [-0.25, -0.2) is 4.39 Å². The van der Waals surface area contributed by atoms with E-state index in [0.29, 0.717) is 30.1 Å². The summed E-state index contributed by atoms with van der Waals surface area (Å²) in [6.45, 7) is 8.63. The van der Waals surface area contributed by atoms with E-state index in [0.717, 1.165) is 22.3 Å². The van der Waals surface area contributed by atoms with Crippen LogP contribution >= 0.6 is 0 Å². The van der Waals surface area contributed by atoms with Gasteiger partial charge in [0.15, 0.2) is 0 Å². The molecule has 3 aromatic rings. The molecule has 5 heteroatoms. The van der Waals surface area contributed by atoms with Gasteiger partial charge < -0.3 is 14.2 Å². The number of rotatable bonds is 8. The minimum atomic E-state index is -0.298. The second kappa shape index (κ2) is 12.5. The van der Waals surface area contributed by atoms with Gasteiger partial charge in [-0.2, -0.15) is 0 Å². The maximum atomic E-state index is 14.9. The third-order valence-corrected chi connectivity index (χ3v) is 6.10. The van der Waals surface area contributed by atoms with Gasteiger partial charge in [0, 0.05) is 12.0 Å². The molecule has 0 fully saturated rings. The molecule has 194 valence electrons. The summed E-state index contributed by atoms with van der Waals surface area (Å²) in [6.07, 6.45) is 0.919. The molecule has 3 rings (SSSR count). The Morgan fingerprint density at radius 2 is 1.65 bits per heavy atom. The first-order valence-electron chi connectivity index (χ1n) is 12.4. The quantitative estimate of drug-likeness (QED) is 0.237. The van der Waals surface area contributed by atoms with Gasteiger partial charge in [0.25, 0.3) is 0 Å². The third-order valence-electron chi connectivity index (χ3n) is 6.10. The summed E-state index contributed by atoms with van der Waals surface area (Å²) >= 11 is 0. The van der Waals surface area contributed by atoms with Crippen molar-refractivity contribution in [3.63, 3.8) is 0 Å². The van der Waals surface area contributed by atoms with Crippen LogP contribution in [-0.2, 0) is 21.6 Å². The van der Waals surface area contributed by atoms with Crippen molar-refractivity contribution >= 4 is 5.97 Å². The summed E-state index contributed by atoms with van der Waals surface area (Å²) in [5.41, 5.74) is 4.04. The maximum absolute atomic E-state index is 14.9. The first-order chi connectivity index (χ1) is 17.7. The molecule has 0 bridgehead atoms. The lowest BCUT2D eigenvalue weighted by molar-refractivity contribution is -0.140. The Hall–Kier alpha value is -3.78. The standard InChI is InChI=1S/C32H35FO4/c1-7-8-9-24(19-31(34)36-6)23-11-13-25(14-12-23)37-21-22-10-16-29(32(2,3)4)27(18-22)28-20-26(35-5)15-17-30(28)33/h10-18,20,24H,7,19,21H2,1-6H3/t24-/m1/s1. The Balaban J connectivity index is 1.84. The minimum Gasteiger partial charge on any atom is -0.497 e. The molecule has 37 heavy (non-hydrogen) atoms. The number of carbonyl (C=O) groups is 1. The molecule has 0 saturated carbocycles. The summed E-state index contributed by atoms with van der Waals surface area (Å²) in [4.78, 5) is 11.8. The van der Waals surface area contributed by atoms with Crippen LogP contribution in [0.4, 0.5) is 4.39 Å². The Bertz CT molecular complexity index is 1280. The summed E-state index contributed by atoms with van der Waals surface area (Å²) in [5.74, 6) is 6.68. The molecule has 0 spiro atoms. The lowest BCUT2D eigenvalue weighted by Gasteiger charge is -2.24. The van der Waals surface area contributed by atoms with Gasteiger partial charge in [0.05, 0.1) is 26.6 Å². The Morgan fingerprint density at radius 3 is 2.27 bits per heavy atom. The molecule has 0 aliphatic rings. The number of hydrogen-bond donors (Lipinski definition) is 0. The zero-order valence-electron chi connectivity index (χ0n) is 22.5. The fourth-order valence-corrected chi connectivity index (χ4v) is 4.09. The Kier molecular flexibility index (Phi) is 9.36. The van der Waals surface area contributed by atoms with E-state index >= 15 is 0 Å². The predicted octanol–water partition coefficient (Wildman–Crippen LogP) is 7.44. The first kappa shape index (κ1) is 27.8. The SMILES string of the molecule is CCC#C[C@H](CC(=O)OC)c1ccc(OCc2ccc(C(C)(C)C)c(-c3cc(OC)ccc3F)c2)cc1. The van der Waals surface area contributed by atoms with Gasteiger partial charge >= 0.3 is 5.97 Å². The molecule has 0 unspecified atom stereocenters. The molecule has 4 nitrogen and oxygen atoms in total. The summed E-state index contributed by atoms with van der Waals surface area (Å²) in [7, 11) is 2.96. The Morgan fingerprint density at radius 1 is 0.946 bits per heavy atom. The first-order valence-corrected chi connectivity index (χ1v) is 12.4. The van der Waals surface area contributed by atoms with E-state index in [-0.39, 0.29) is 29.5 Å². The molecule has 0 radical (unpaired) electrons. The highest BCUT2D eigenvalue weighted by molar-refractivity contribution is 5.72. The van der Waals surface area contributed by atoms with E-state index in [4.69, 9.17) is 14.2 Å². The molecule has 0 N–H and O–H groups in total. The molecular formula is C32H35FO4. The van der Waals surface area contributed by atoms with Gasteiger partial charge in [0.1, 0.15) is 23.9 Å². The minimum absolute atomic E-state index is 0.179. The number of esters is 1. The average Bonchev–Trinajstić information content (AvgIpc) is 2.89.